The van der Waals surface area contributed by atoms with Crippen molar-refractivity contribution < 1.29 is 0 Å². The molecule has 2 aromatic rings. The van der Waals surface area contributed by atoms with Crippen molar-refractivity contribution in [1.82, 2.24) is 19.9 Å². The Kier molecular flexibility index (Phi) is 5.83. The van der Waals surface area contributed by atoms with Gasteiger partial charge in [0.15, 0.2) is 0 Å². The minimum absolute atomic E-state index is 0.129. The summed E-state index contributed by atoms with van der Waals surface area (Å²) in [6.07, 6.45) is 4.69. The second kappa shape index (κ2) is 8.27. The van der Waals surface area contributed by atoms with Gasteiger partial charge in [-0.1, -0.05) is 19.1 Å². The Bertz CT molecular complexity index is 804. The van der Waals surface area contributed by atoms with Crippen LogP contribution in [0.5, 0.6) is 0 Å². The number of rotatable bonds is 6. The second-order valence-electron chi connectivity index (χ2n) is 7.02. The van der Waals surface area contributed by atoms with E-state index >= 15 is 0 Å². The first-order valence-electron chi connectivity index (χ1n) is 9.23. The average molecular weight is 353 g/mol. The average Bonchev–Trinajstić information content (AvgIpc) is 2.63. The molecule has 0 bridgehead atoms. The van der Waals surface area contributed by atoms with Crippen molar-refractivity contribution in [3.05, 3.63) is 52.6 Å². The summed E-state index contributed by atoms with van der Waals surface area (Å²) < 4.78 is 0. The first-order chi connectivity index (χ1) is 12.5. The monoisotopic (exact) mass is 353 g/mol. The van der Waals surface area contributed by atoms with Crippen LogP contribution < -0.4 is 10.9 Å². The Morgan fingerprint density at radius 1 is 1.38 bits per heavy atom. The van der Waals surface area contributed by atoms with Crippen LogP contribution in [0, 0.1) is 0 Å². The predicted octanol–water partition coefficient (Wildman–Crippen LogP) is 2.85. The Labute approximate surface area is 154 Å². The van der Waals surface area contributed by atoms with Crippen molar-refractivity contribution in [3.8, 4) is 11.4 Å². The molecule has 1 saturated heterocycles. The molecule has 1 aliphatic heterocycles. The quantitative estimate of drug-likeness (QED) is 0.781. The summed E-state index contributed by atoms with van der Waals surface area (Å²) in [6, 6.07) is 5.88. The van der Waals surface area contributed by atoms with Gasteiger partial charge in [0.2, 0.25) is 0 Å². The van der Waals surface area contributed by atoms with E-state index < -0.39 is 0 Å². The number of anilines is 1. The van der Waals surface area contributed by atoms with Crippen molar-refractivity contribution in [2.24, 2.45) is 0 Å². The lowest BCUT2D eigenvalue weighted by molar-refractivity contribution is 0.235. The maximum atomic E-state index is 11.7. The van der Waals surface area contributed by atoms with Gasteiger partial charge in [-0.3, -0.25) is 9.69 Å². The molecule has 0 amide bonds. The number of aromatic amines is 1. The fraction of sp³-hybridized carbons (Fsp3) is 0.450. The number of piperidine rings is 1. The van der Waals surface area contributed by atoms with Crippen LogP contribution in [0.25, 0.3) is 11.4 Å². The Morgan fingerprint density at radius 2 is 2.15 bits per heavy atom. The summed E-state index contributed by atoms with van der Waals surface area (Å²) in [5, 5.41) is 3.51. The first-order valence-corrected chi connectivity index (χ1v) is 9.23. The van der Waals surface area contributed by atoms with E-state index in [1.54, 1.807) is 6.20 Å². The van der Waals surface area contributed by atoms with Crippen LogP contribution >= 0.6 is 0 Å². The summed E-state index contributed by atoms with van der Waals surface area (Å²) in [5.74, 6) is 1.43. The van der Waals surface area contributed by atoms with Gasteiger partial charge in [0, 0.05) is 49.2 Å². The largest absolute Gasteiger partial charge is 0.367 e. The zero-order valence-corrected chi connectivity index (χ0v) is 15.6. The van der Waals surface area contributed by atoms with Crippen LogP contribution in [0.1, 0.15) is 32.4 Å². The highest BCUT2D eigenvalue weighted by Crippen LogP contribution is 2.18. The highest BCUT2D eigenvalue weighted by Gasteiger charge is 2.19. The van der Waals surface area contributed by atoms with E-state index in [9.17, 15) is 4.79 Å². The molecule has 1 fully saturated rings. The van der Waals surface area contributed by atoms with Crippen LogP contribution in [0.4, 0.5) is 5.82 Å². The Morgan fingerprint density at radius 3 is 2.77 bits per heavy atom. The molecule has 6 heteroatoms. The molecule has 0 spiro atoms. The molecule has 0 aromatic carbocycles. The fourth-order valence-electron chi connectivity index (χ4n) is 3.27. The summed E-state index contributed by atoms with van der Waals surface area (Å²) >= 11 is 0. The molecule has 0 unspecified atom stereocenters. The number of pyridine rings is 1. The minimum Gasteiger partial charge on any atom is -0.367 e. The smallest absolute Gasteiger partial charge is 0.251 e. The summed E-state index contributed by atoms with van der Waals surface area (Å²) in [4.78, 5) is 25.9. The number of aryl methyl sites for hydroxylation is 1. The number of nitrogens with zero attached hydrogens (tertiary/aromatic N) is 3. The highest BCUT2D eigenvalue weighted by molar-refractivity contribution is 5.56. The third-order valence-electron chi connectivity index (χ3n) is 4.63. The van der Waals surface area contributed by atoms with Gasteiger partial charge in [0.1, 0.15) is 11.6 Å². The first kappa shape index (κ1) is 18.3. The van der Waals surface area contributed by atoms with Crippen LogP contribution in [0.2, 0.25) is 0 Å². The zero-order chi connectivity index (χ0) is 18.5. The lowest BCUT2D eigenvalue weighted by Crippen LogP contribution is -2.39. The number of aromatic nitrogens is 3. The van der Waals surface area contributed by atoms with E-state index in [1.807, 2.05) is 19.1 Å². The van der Waals surface area contributed by atoms with Gasteiger partial charge >= 0.3 is 0 Å². The molecular weight excluding hydrogens is 326 g/mol. The fourth-order valence-corrected chi connectivity index (χ4v) is 3.27. The number of likely N-dealkylation sites (tertiary alicyclic amines) is 1. The number of hydrogen-bond donors (Lipinski definition) is 2. The van der Waals surface area contributed by atoms with Gasteiger partial charge in [0.25, 0.3) is 5.56 Å². The molecule has 2 aromatic heterocycles. The van der Waals surface area contributed by atoms with Crippen molar-refractivity contribution >= 4 is 5.82 Å². The molecule has 0 saturated carbocycles. The summed E-state index contributed by atoms with van der Waals surface area (Å²) in [7, 11) is 0. The van der Waals surface area contributed by atoms with Crippen LogP contribution in [-0.2, 0) is 6.42 Å². The van der Waals surface area contributed by atoms with E-state index in [4.69, 9.17) is 0 Å². The maximum Gasteiger partial charge on any atom is 0.251 e. The van der Waals surface area contributed by atoms with E-state index in [0.717, 1.165) is 56.0 Å². The predicted molar refractivity (Wildman–Crippen MR) is 105 cm³/mol. The van der Waals surface area contributed by atoms with Gasteiger partial charge in [0.05, 0.1) is 0 Å². The molecule has 2 N–H and O–H groups in total. The maximum absolute atomic E-state index is 11.7. The van der Waals surface area contributed by atoms with Crippen LogP contribution in [0.3, 0.4) is 0 Å². The van der Waals surface area contributed by atoms with Crippen LogP contribution in [-0.4, -0.2) is 45.5 Å². The van der Waals surface area contributed by atoms with Crippen molar-refractivity contribution in [2.75, 3.05) is 25.0 Å². The second-order valence-corrected chi connectivity index (χ2v) is 7.02. The highest BCUT2D eigenvalue weighted by atomic mass is 16.1. The van der Waals surface area contributed by atoms with Gasteiger partial charge in [-0.25, -0.2) is 9.97 Å². The molecule has 6 nitrogen and oxygen atoms in total. The molecule has 3 heterocycles. The lowest BCUT2D eigenvalue weighted by Gasteiger charge is -2.32. The number of nitrogens with one attached hydrogen (secondary N) is 2. The SMILES string of the molecule is C=C(C)CN1CCC(Nc2ccc(-c3nc(CC)cc(=O)[nH]3)cn2)CC1. The molecule has 1 aliphatic rings. The Hall–Kier alpha value is -2.47. The van der Waals surface area contributed by atoms with Gasteiger partial charge in [-0.2, -0.15) is 0 Å². The molecule has 0 radical (unpaired) electrons. The Balaban J connectivity index is 1.61. The normalized spacial score (nSPS) is 15.8. The van der Waals surface area contributed by atoms with Gasteiger partial charge in [-0.15, -0.1) is 0 Å². The van der Waals surface area contributed by atoms with E-state index in [1.165, 1.54) is 11.6 Å². The van der Waals surface area contributed by atoms with Crippen LogP contribution in [0.15, 0.2) is 41.3 Å². The third kappa shape index (κ3) is 4.79. The lowest BCUT2D eigenvalue weighted by atomic mass is 10.0. The minimum atomic E-state index is -0.129. The molecule has 0 aliphatic carbocycles. The van der Waals surface area contributed by atoms with Gasteiger partial charge in [-0.05, 0) is 38.3 Å². The summed E-state index contributed by atoms with van der Waals surface area (Å²) in [5.41, 5.74) is 2.69. The number of H-pyrrole nitrogens is 1. The standard InChI is InChI=1S/C20H27N5O/c1-4-16-11-19(26)24-20(23-16)15-5-6-18(21-12-15)22-17-7-9-25(10-8-17)13-14(2)3/h5-6,11-12,17H,2,4,7-10,13H2,1,3H3,(H,21,22)(H,23,24,26). The van der Waals surface area contributed by atoms with E-state index in [-0.39, 0.29) is 5.56 Å². The van der Waals surface area contributed by atoms with E-state index in [0.29, 0.717) is 11.9 Å². The molecule has 26 heavy (non-hydrogen) atoms. The third-order valence-corrected chi connectivity index (χ3v) is 4.63. The molecule has 0 atom stereocenters. The van der Waals surface area contributed by atoms with Crippen molar-refractivity contribution in [1.29, 1.82) is 0 Å². The molecule has 3 rings (SSSR count). The van der Waals surface area contributed by atoms with Gasteiger partial charge < -0.3 is 10.3 Å². The molecular formula is C20H27N5O. The molecule has 138 valence electrons. The van der Waals surface area contributed by atoms with Crippen molar-refractivity contribution in [2.45, 2.75) is 39.2 Å². The topological polar surface area (TPSA) is 73.9 Å². The van der Waals surface area contributed by atoms with E-state index in [2.05, 4.69) is 38.7 Å². The van der Waals surface area contributed by atoms with Crippen molar-refractivity contribution in [3.63, 3.8) is 0 Å². The number of hydrogen-bond acceptors (Lipinski definition) is 5. The summed E-state index contributed by atoms with van der Waals surface area (Å²) in [6.45, 7) is 11.2. The zero-order valence-electron chi connectivity index (χ0n) is 15.6.